The molecule has 0 bridgehead atoms. The normalized spacial score (nSPS) is 10.5. The van der Waals surface area contributed by atoms with Crippen molar-refractivity contribution in [2.45, 2.75) is 46.2 Å². The standard InChI is InChI=1S/C23H29Cl2N5O5/c1-4-11-34-23(33)27-12-16-13-30(29-28-16)10-6-9-26-19(31)14-35-18-8-7-17(20(24)21(18)25)22(32)15(3)5-2/h7-8,13H,3-6,9-12,14H2,1-2H3,(H,26,31)(H,27,33). The lowest BCUT2D eigenvalue weighted by molar-refractivity contribution is -0.123. The van der Waals surface area contributed by atoms with Crippen molar-refractivity contribution in [3.8, 4) is 5.75 Å². The second-order valence-electron chi connectivity index (χ2n) is 7.48. The van der Waals surface area contributed by atoms with E-state index in [1.807, 2.05) is 13.8 Å². The van der Waals surface area contributed by atoms with E-state index in [9.17, 15) is 14.4 Å². The summed E-state index contributed by atoms with van der Waals surface area (Å²) in [5.74, 6) is -0.424. The number of alkyl carbamates (subject to hydrolysis) is 1. The molecule has 0 aliphatic rings. The third kappa shape index (κ3) is 8.88. The topological polar surface area (TPSA) is 124 Å². The fourth-order valence-electron chi connectivity index (χ4n) is 2.77. The molecule has 0 unspecified atom stereocenters. The molecular formula is C23H29Cl2N5O5. The van der Waals surface area contributed by atoms with Gasteiger partial charge in [0, 0.05) is 18.7 Å². The molecule has 0 fully saturated rings. The quantitative estimate of drug-likeness (QED) is 0.217. The summed E-state index contributed by atoms with van der Waals surface area (Å²) in [5.41, 5.74) is 1.25. The van der Waals surface area contributed by atoms with Crippen LogP contribution in [0.5, 0.6) is 5.75 Å². The minimum absolute atomic E-state index is 0.0596. The summed E-state index contributed by atoms with van der Waals surface area (Å²) in [5, 5.41) is 13.4. The summed E-state index contributed by atoms with van der Waals surface area (Å²) in [6.45, 7) is 8.67. The number of aromatic nitrogens is 3. The average molecular weight is 526 g/mol. The highest BCUT2D eigenvalue weighted by atomic mass is 35.5. The van der Waals surface area contributed by atoms with E-state index in [0.717, 1.165) is 6.42 Å². The lowest BCUT2D eigenvalue weighted by Gasteiger charge is -2.12. The predicted molar refractivity (Wildman–Crippen MR) is 132 cm³/mol. The number of nitrogens with one attached hydrogen (secondary N) is 2. The third-order valence-corrected chi connectivity index (χ3v) is 5.59. The first-order valence-electron chi connectivity index (χ1n) is 11.2. The molecule has 1 heterocycles. The van der Waals surface area contributed by atoms with E-state index >= 15 is 0 Å². The molecule has 2 N–H and O–H groups in total. The number of aryl methyl sites for hydroxylation is 1. The Labute approximate surface area is 213 Å². The molecule has 0 saturated carbocycles. The number of carbonyl (C=O) groups is 3. The van der Waals surface area contributed by atoms with Crippen LogP contribution in [0.2, 0.25) is 10.0 Å². The van der Waals surface area contributed by atoms with Crippen molar-refractivity contribution in [1.29, 1.82) is 0 Å². The fraction of sp³-hybridized carbons (Fsp3) is 0.435. The Hall–Kier alpha value is -3.11. The number of ether oxygens (including phenoxy) is 2. The molecular weight excluding hydrogens is 497 g/mol. The summed E-state index contributed by atoms with van der Waals surface area (Å²) < 4.78 is 12.0. The summed E-state index contributed by atoms with van der Waals surface area (Å²) in [6, 6.07) is 3.00. The van der Waals surface area contributed by atoms with E-state index in [4.69, 9.17) is 32.7 Å². The molecule has 2 amide bonds. The highest BCUT2D eigenvalue weighted by Gasteiger charge is 2.18. The zero-order valence-corrected chi connectivity index (χ0v) is 21.2. The lowest BCUT2D eigenvalue weighted by Crippen LogP contribution is -2.30. The highest BCUT2D eigenvalue weighted by molar-refractivity contribution is 6.45. The second-order valence-corrected chi connectivity index (χ2v) is 8.24. The van der Waals surface area contributed by atoms with Crippen LogP contribution in [-0.2, 0) is 22.6 Å². The van der Waals surface area contributed by atoms with E-state index in [-0.39, 0.29) is 46.2 Å². The van der Waals surface area contributed by atoms with Crippen LogP contribution in [-0.4, -0.2) is 52.5 Å². The van der Waals surface area contributed by atoms with Crippen molar-refractivity contribution in [2.75, 3.05) is 19.8 Å². The maximum Gasteiger partial charge on any atom is 0.407 e. The third-order valence-electron chi connectivity index (χ3n) is 4.72. The van der Waals surface area contributed by atoms with Gasteiger partial charge in [0.05, 0.1) is 24.4 Å². The van der Waals surface area contributed by atoms with Crippen molar-refractivity contribution in [3.63, 3.8) is 0 Å². The van der Waals surface area contributed by atoms with Crippen LogP contribution in [0, 0.1) is 0 Å². The van der Waals surface area contributed by atoms with Gasteiger partial charge < -0.3 is 20.1 Å². The Balaban J connectivity index is 1.71. The lowest BCUT2D eigenvalue weighted by atomic mass is 10.0. The van der Waals surface area contributed by atoms with Crippen LogP contribution >= 0.6 is 23.2 Å². The summed E-state index contributed by atoms with van der Waals surface area (Å²) in [6.07, 6.45) is 3.06. The molecule has 1 aromatic carbocycles. The number of hydrogen-bond acceptors (Lipinski definition) is 7. The smallest absolute Gasteiger partial charge is 0.407 e. The fourth-order valence-corrected chi connectivity index (χ4v) is 3.23. The molecule has 2 aromatic rings. The van der Waals surface area contributed by atoms with E-state index in [1.54, 1.807) is 10.9 Å². The monoisotopic (exact) mass is 525 g/mol. The molecule has 12 heteroatoms. The molecule has 10 nitrogen and oxygen atoms in total. The van der Waals surface area contributed by atoms with Gasteiger partial charge in [0.1, 0.15) is 16.5 Å². The number of rotatable bonds is 14. The Morgan fingerprint density at radius 3 is 2.63 bits per heavy atom. The Morgan fingerprint density at radius 2 is 1.91 bits per heavy atom. The number of amides is 2. The molecule has 0 atom stereocenters. The van der Waals surface area contributed by atoms with Gasteiger partial charge in [0.2, 0.25) is 0 Å². The number of Topliss-reactive ketones (excluding diaryl/α,β-unsaturated/α-hetero) is 1. The predicted octanol–water partition coefficient (Wildman–Crippen LogP) is 3.96. The van der Waals surface area contributed by atoms with Gasteiger partial charge >= 0.3 is 6.09 Å². The Morgan fingerprint density at radius 1 is 1.14 bits per heavy atom. The van der Waals surface area contributed by atoms with Gasteiger partial charge in [-0.05, 0) is 37.0 Å². The van der Waals surface area contributed by atoms with E-state index in [1.165, 1.54) is 12.1 Å². The van der Waals surface area contributed by atoms with Gasteiger partial charge in [0.15, 0.2) is 12.4 Å². The minimum Gasteiger partial charge on any atom is -0.482 e. The molecule has 35 heavy (non-hydrogen) atoms. The minimum atomic E-state index is -0.498. The number of halogens is 2. The number of hydrogen-bond donors (Lipinski definition) is 2. The first kappa shape index (κ1) is 28.1. The Bertz CT molecular complexity index is 1060. The van der Waals surface area contributed by atoms with Gasteiger partial charge in [-0.25, -0.2) is 4.79 Å². The van der Waals surface area contributed by atoms with Crippen LogP contribution in [0.1, 0.15) is 49.2 Å². The first-order chi connectivity index (χ1) is 16.8. The van der Waals surface area contributed by atoms with Crippen LogP contribution in [0.15, 0.2) is 30.5 Å². The van der Waals surface area contributed by atoms with E-state index in [2.05, 4.69) is 27.5 Å². The summed E-state index contributed by atoms with van der Waals surface area (Å²) in [4.78, 5) is 35.8. The van der Waals surface area contributed by atoms with Crippen LogP contribution in [0.25, 0.3) is 0 Å². The molecule has 0 aliphatic heterocycles. The molecule has 190 valence electrons. The maximum absolute atomic E-state index is 12.3. The van der Waals surface area contributed by atoms with E-state index in [0.29, 0.717) is 43.8 Å². The number of ketones is 1. The average Bonchev–Trinajstić information content (AvgIpc) is 3.31. The molecule has 0 spiro atoms. The van der Waals surface area contributed by atoms with E-state index < -0.39 is 6.09 Å². The first-order valence-corrected chi connectivity index (χ1v) is 11.9. The summed E-state index contributed by atoms with van der Waals surface area (Å²) in [7, 11) is 0. The van der Waals surface area contributed by atoms with Crippen LogP contribution < -0.4 is 15.4 Å². The van der Waals surface area contributed by atoms with Crippen molar-refractivity contribution in [2.24, 2.45) is 0 Å². The summed E-state index contributed by atoms with van der Waals surface area (Å²) >= 11 is 12.4. The van der Waals surface area contributed by atoms with Gasteiger partial charge in [-0.3, -0.25) is 14.3 Å². The van der Waals surface area contributed by atoms with Crippen LogP contribution in [0.3, 0.4) is 0 Å². The largest absolute Gasteiger partial charge is 0.482 e. The van der Waals surface area contributed by atoms with Gasteiger partial charge in [-0.15, -0.1) is 5.10 Å². The molecule has 1 aromatic heterocycles. The number of carbonyl (C=O) groups excluding carboxylic acids is 3. The molecule has 0 aliphatic carbocycles. The zero-order chi connectivity index (χ0) is 25.8. The molecule has 2 rings (SSSR count). The second kappa shape index (κ2) is 14.3. The van der Waals surface area contributed by atoms with Gasteiger partial charge in [-0.1, -0.05) is 48.8 Å². The van der Waals surface area contributed by atoms with Crippen LogP contribution in [0.4, 0.5) is 4.79 Å². The maximum atomic E-state index is 12.3. The van der Waals surface area contributed by atoms with Crippen molar-refractivity contribution >= 4 is 41.0 Å². The Kier molecular flexibility index (Phi) is 11.5. The van der Waals surface area contributed by atoms with Crippen molar-refractivity contribution < 1.29 is 23.9 Å². The van der Waals surface area contributed by atoms with Gasteiger partial charge in [-0.2, -0.15) is 0 Å². The molecule has 0 saturated heterocycles. The number of benzene rings is 1. The van der Waals surface area contributed by atoms with Crippen molar-refractivity contribution in [1.82, 2.24) is 25.6 Å². The zero-order valence-electron chi connectivity index (χ0n) is 19.7. The number of allylic oxidation sites excluding steroid dienone is 1. The molecule has 0 radical (unpaired) electrons. The van der Waals surface area contributed by atoms with Crippen molar-refractivity contribution in [3.05, 3.63) is 51.8 Å². The SMILES string of the molecule is C=C(CC)C(=O)c1ccc(OCC(=O)NCCCn2cc(CNC(=O)OCCC)nn2)c(Cl)c1Cl. The highest BCUT2D eigenvalue weighted by Crippen LogP contribution is 2.35. The van der Waals surface area contributed by atoms with Gasteiger partial charge in [0.25, 0.3) is 5.91 Å². The number of nitrogens with zero attached hydrogens (tertiary/aromatic N) is 3.